The summed E-state index contributed by atoms with van der Waals surface area (Å²) in [5, 5.41) is 0.965. The van der Waals surface area contributed by atoms with Gasteiger partial charge in [0.25, 0.3) is 5.91 Å². The minimum atomic E-state index is -0.314. The Morgan fingerprint density at radius 1 is 1.28 bits per heavy atom. The molecule has 25 heavy (non-hydrogen) atoms. The van der Waals surface area contributed by atoms with Crippen molar-refractivity contribution in [2.45, 2.75) is 19.4 Å². The highest BCUT2D eigenvalue weighted by atomic mass is 16.2. The molecule has 6 nitrogen and oxygen atoms in total. The van der Waals surface area contributed by atoms with Gasteiger partial charge in [0.2, 0.25) is 5.91 Å². The number of carbonyl (C=O) groups is 2. The van der Waals surface area contributed by atoms with Gasteiger partial charge in [0, 0.05) is 43.3 Å². The Morgan fingerprint density at radius 3 is 2.76 bits per heavy atom. The van der Waals surface area contributed by atoms with Crippen LogP contribution in [0.25, 0.3) is 10.9 Å². The largest absolute Gasteiger partial charge is 0.369 e. The van der Waals surface area contributed by atoms with Crippen molar-refractivity contribution in [2.24, 2.45) is 11.7 Å². The third kappa shape index (κ3) is 3.69. The van der Waals surface area contributed by atoms with E-state index in [4.69, 9.17) is 5.73 Å². The van der Waals surface area contributed by atoms with E-state index in [1.54, 1.807) is 4.90 Å². The molecule has 1 aliphatic heterocycles. The number of primary amides is 1. The molecule has 0 radical (unpaired) electrons. The van der Waals surface area contributed by atoms with E-state index in [1.165, 1.54) is 0 Å². The van der Waals surface area contributed by atoms with Crippen molar-refractivity contribution < 1.29 is 9.59 Å². The molecule has 0 spiro atoms. The lowest BCUT2D eigenvalue weighted by Gasteiger charge is -2.31. The molecule has 134 valence electrons. The van der Waals surface area contributed by atoms with Crippen molar-refractivity contribution in [3.63, 3.8) is 0 Å². The Hall–Kier alpha value is -2.34. The molecule has 2 heterocycles. The zero-order valence-electron chi connectivity index (χ0n) is 14.9. The number of rotatable bonds is 5. The van der Waals surface area contributed by atoms with E-state index in [1.807, 2.05) is 44.6 Å². The molecule has 6 heteroatoms. The van der Waals surface area contributed by atoms with Crippen LogP contribution in [0.4, 0.5) is 0 Å². The summed E-state index contributed by atoms with van der Waals surface area (Å²) in [6.45, 7) is 2.83. The Bertz CT molecular complexity index is 781. The number of nitrogens with two attached hydrogens (primary N) is 1. The fraction of sp³-hybridized carbons (Fsp3) is 0.474. The lowest BCUT2D eigenvalue weighted by Crippen LogP contribution is -2.44. The minimum Gasteiger partial charge on any atom is -0.369 e. The number of hydrogen-bond donors (Lipinski definition) is 1. The number of para-hydroxylation sites is 1. The van der Waals surface area contributed by atoms with Crippen LogP contribution in [0, 0.1) is 5.92 Å². The molecular formula is C19H26N4O2. The van der Waals surface area contributed by atoms with Crippen molar-refractivity contribution in [1.29, 1.82) is 0 Å². The first-order chi connectivity index (χ1) is 12.0. The molecule has 3 rings (SSSR count). The van der Waals surface area contributed by atoms with Gasteiger partial charge in [-0.3, -0.25) is 9.59 Å². The van der Waals surface area contributed by atoms with Crippen LogP contribution in [-0.4, -0.2) is 59.9 Å². The first kappa shape index (κ1) is 17.5. The molecule has 0 saturated carbocycles. The Balaban J connectivity index is 1.89. The number of amides is 2. The number of likely N-dealkylation sites (N-methyl/N-ethyl adjacent to an activating group) is 1. The first-order valence-electron chi connectivity index (χ1n) is 8.78. The van der Waals surface area contributed by atoms with Gasteiger partial charge in [0.15, 0.2) is 0 Å². The first-order valence-corrected chi connectivity index (χ1v) is 8.78. The van der Waals surface area contributed by atoms with Gasteiger partial charge in [-0.2, -0.15) is 0 Å². The molecule has 1 saturated heterocycles. The van der Waals surface area contributed by atoms with Gasteiger partial charge in [-0.15, -0.1) is 0 Å². The van der Waals surface area contributed by atoms with Crippen LogP contribution >= 0.6 is 0 Å². The summed E-state index contributed by atoms with van der Waals surface area (Å²) in [4.78, 5) is 28.5. The Kier molecular flexibility index (Phi) is 5.08. The second-order valence-corrected chi connectivity index (χ2v) is 7.05. The number of piperidine rings is 1. The maximum Gasteiger partial charge on any atom is 0.256 e. The molecule has 2 aromatic rings. The van der Waals surface area contributed by atoms with Crippen LogP contribution in [-0.2, 0) is 11.3 Å². The topological polar surface area (TPSA) is 71.6 Å². The summed E-state index contributed by atoms with van der Waals surface area (Å²) in [6, 6.07) is 7.99. The average Bonchev–Trinajstić information content (AvgIpc) is 2.98. The highest BCUT2D eigenvalue weighted by Crippen LogP contribution is 2.25. The van der Waals surface area contributed by atoms with E-state index in [0.29, 0.717) is 18.7 Å². The number of benzene rings is 1. The molecule has 0 bridgehead atoms. The molecule has 1 aromatic heterocycles. The van der Waals surface area contributed by atoms with Crippen LogP contribution in [0.3, 0.4) is 0 Å². The average molecular weight is 342 g/mol. The maximum atomic E-state index is 13.1. The second-order valence-electron chi connectivity index (χ2n) is 7.05. The monoisotopic (exact) mass is 342 g/mol. The van der Waals surface area contributed by atoms with E-state index < -0.39 is 0 Å². The molecule has 2 amide bonds. The predicted octanol–water partition coefficient (Wildman–Crippen LogP) is 1.54. The van der Waals surface area contributed by atoms with Crippen molar-refractivity contribution in [3.8, 4) is 0 Å². The summed E-state index contributed by atoms with van der Waals surface area (Å²) in [5.74, 6) is -0.559. The fourth-order valence-electron chi connectivity index (χ4n) is 3.47. The van der Waals surface area contributed by atoms with Crippen LogP contribution in [0.1, 0.15) is 23.2 Å². The van der Waals surface area contributed by atoms with E-state index in [2.05, 4.69) is 9.47 Å². The summed E-state index contributed by atoms with van der Waals surface area (Å²) < 4.78 is 2.14. The van der Waals surface area contributed by atoms with Gasteiger partial charge >= 0.3 is 0 Å². The smallest absolute Gasteiger partial charge is 0.256 e. The zero-order chi connectivity index (χ0) is 18.0. The summed E-state index contributed by atoms with van der Waals surface area (Å²) in [6.07, 6.45) is 3.53. The molecule has 1 fully saturated rings. The van der Waals surface area contributed by atoms with Crippen LogP contribution < -0.4 is 5.73 Å². The highest BCUT2D eigenvalue weighted by Gasteiger charge is 2.29. The molecule has 1 aromatic carbocycles. The Morgan fingerprint density at radius 2 is 2.04 bits per heavy atom. The minimum absolute atomic E-state index is 0.00856. The molecule has 2 N–H and O–H groups in total. The van der Waals surface area contributed by atoms with E-state index in [0.717, 1.165) is 36.8 Å². The second kappa shape index (κ2) is 7.27. The third-order valence-electron chi connectivity index (χ3n) is 4.92. The zero-order valence-corrected chi connectivity index (χ0v) is 14.9. The standard InChI is InChI=1S/C19H26N4O2/c1-21(2)10-11-22-13-16(15-7-3-4-8-17(15)22)19(25)23-9-5-6-14(12-23)18(20)24/h3-4,7-8,13-14H,5-6,9-12H2,1-2H3,(H2,20,24)/t14-/m1/s1. The summed E-state index contributed by atoms with van der Waals surface area (Å²) in [7, 11) is 4.07. The van der Waals surface area contributed by atoms with Crippen molar-refractivity contribution >= 4 is 22.7 Å². The van der Waals surface area contributed by atoms with E-state index in [9.17, 15) is 9.59 Å². The van der Waals surface area contributed by atoms with Gasteiger partial charge in [0.05, 0.1) is 11.5 Å². The Labute approximate surface area is 148 Å². The van der Waals surface area contributed by atoms with Gasteiger partial charge < -0.3 is 20.1 Å². The molecule has 0 aliphatic carbocycles. The molecule has 1 aliphatic rings. The molecule has 1 atom stereocenters. The van der Waals surface area contributed by atoms with Gasteiger partial charge in [-0.25, -0.2) is 0 Å². The SMILES string of the molecule is CN(C)CCn1cc(C(=O)N2CCC[C@@H](C(N)=O)C2)c2ccccc21. The fourth-order valence-corrected chi connectivity index (χ4v) is 3.47. The number of hydrogen-bond acceptors (Lipinski definition) is 3. The lowest BCUT2D eigenvalue weighted by atomic mass is 9.97. The molecule has 0 unspecified atom stereocenters. The lowest BCUT2D eigenvalue weighted by molar-refractivity contribution is -0.123. The quantitative estimate of drug-likeness (QED) is 0.896. The van der Waals surface area contributed by atoms with Crippen molar-refractivity contribution in [1.82, 2.24) is 14.4 Å². The molecular weight excluding hydrogens is 316 g/mol. The van der Waals surface area contributed by atoms with Crippen molar-refractivity contribution in [3.05, 3.63) is 36.0 Å². The van der Waals surface area contributed by atoms with Gasteiger partial charge in [0.1, 0.15) is 0 Å². The third-order valence-corrected chi connectivity index (χ3v) is 4.92. The number of carbonyl (C=O) groups excluding carboxylic acids is 2. The van der Waals surface area contributed by atoms with Gasteiger partial charge in [-0.1, -0.05) is 18.2 Å². The van der Waals surface area contributed by atoms with Crippen LogP contribution in [0.2, 0.25) is 0 Å². The van der Waals surface area contributed by atoms with Crippen LogP contribution in [0.15, 0.2) is 30.5 Å². The van der Waals surface area contributed by atoms with E-state index >= 15 is 0 Å². The normalized spacial score (nSPS) is 18.0. The van der Waals surface area contributed by atoms with E-state index in [-0.39, 0.29) is 17.7 Å². The summed E-state index contributed by atoms with van der Waals surface area (Å²) in [5.41, 5.74) is 7.22. The predicted molar refractivity (Wildman–Crippen MR) is 98.3 cm³/mol. The van der Waals surface area contributed by atoms with Crippen LogP contribution in [0.5, 0.6) is 0 Å². The number of fused-ring (bicyclic) bond motifs is 1. The van der Waals surface area contributed by atoms with Gasteiger partial charge in [-0.05, 0) is 33.0 Å². The maximum absolute atomic E-state index is 13.1. The number of likely N-dealkylation sites (tertiary alicyclic amines) is 1. The number of aromatic nitrogens is 1. The number of nitrogens with zero attached hydrogens (tertiary/aromatic N) is 3. The highest BCUT2D eigenvalue weighted by molar-refractivity contribution is 6.07. The van der Waals surface area contributed by atoms with Crippen molar-refractivity contribution in [2.75, 3.05) is 33.7 Å². The summed E-state index contributed by atoms with van der Waals surface area (Å²) >= 11 is 0.